The number of hydrogen-bond donors (Lipinski definition) is 1. The van der Waals surface area contributed by atoms with Crippen molar-refractivity contribution in [2.75, 3.05) is 24.6 Å². The van der Waals surface area contributed by atoms with E-state index in [9.17, 15) is 9.59 Å². The summed E-state index contributed by atoms with van der Waals surface area (Å²) in [6.07, 6.45) is -0.0128. The van der Waals surface area contributed by atoms with Crippen molar-refractivity contribution in [3.05, 3.63) is 29.8 Å². The van der Waals surface area contributed by atoms with Crippen LogP contribution in [0.15, 0.2) is 29.4 Å². The molecule has 2 aliphatic heterocycles. The molecule has 0 aliphatic carbocycles. The van der Waals surface area contributed by atoms with Crippen molar-refractivity contribution in [1.82, 2.24) is 4.90 Å². The average molecular weight is 330 g/mol. The zero-order chi connectivity index (χ0) is 17.3. The first kappa shape index (κ1) is 16.4. The number of carbonyl (C=O) groups excluding carboxylic acids is 2. The molecule has 24 heavy (non-hydrogen) atoms. The molecule has 7 nitrogen and oxygen atoms in total. The molecule has 2 atom stereocenters. The molecule has 7 heteroatoms. The number of morpholine rings is 1. The Morgan fingerprint density at radius 2 is 1.96 bits per heavy atom. The molecule has 1 saturated heterocycles. The van der Waals surface area contributed by atoms with E-state index in [4.69, 9.17) is 10.5 Å². The molecule has 0 aromatic heterocycles. The van der Waals surface area contributed by atoms with Gasteiger partial charge in [0, 0.05) is 30.8 Å². The molecule has 2 heterocycles. The minimum absolute atomic E-state index is 0.121. The molecule has 0 radical (unpaired) electrons. The van der Waals surface area contributed by atoms with Crippen molar-refractivity contribution in [2.24, 2.45) is 10.8 Å². The van der Waals surface area contributed by atoms with Gasteiger partial charge in [-0.25, -0.2) is 0 Å². The smallest absolute Gasteiger partial charge is 0.254 e. The second kappa shape index (κ2) is 6.60. The third kappa shape index (κ3) is 3.41. The third-order valence-electron chi connectivity index (χ3n) is 4.25. The summed E-state index contributed by atoms with van der Waals surface area (Å²) in [5, 5.41) is 6.38. The van der Waals surface area contributed by atoms with Crippen LogP contribution in [0.2, 0.25) is 0 Å². The Morgan fingerprint density at radius 1 is 1.25 bits per heavy atom. The van der Waals surface area contributed by atoms with E-state index in [0.717, 1.165) is 24.4 Å². The molecular formula is C17H22N4O3. The van der Waals surface area contributed by atoms with Crippen LogP contribution in [0.4, 0.5) is 5.69 Å². The van der Waals surface area contributed by atoms with Crippen molar-refractivity contribution >= 4 is 23.2 Å². The first-order valence-electron chi connectivity index (χ1n) is 8.10. The molecule has 2 amide bonds. The monoisotopic (exact) mass is 330 g/mol. The lowest BCUT2D eigenvalue weighted by atomic mass is 10.1. The first-order valence-corrected chi connectivity index (χ1v) is 8.10. The molecular weight excluding hydrogens is 308 g/mol. The van der Waals surface area contributed by atoms with Gasteiger partial charge in [-0.3, -0.25) is 14.6 Å². The van der Waals surface area contributed by atoms with Crippen molar-refractivity contribution in [2.45, 2.75) is 32.5 Å². The number of hydrazone groups is 1. The highest BCUT2D eigenvalue weighted by Gasteiger charge is 2.32. The van der Waals surface area contributed by atoms with Crippen molar-refractivity contribution in [3.8, 4) is 0 Å². The highest BCUT2D eigenvalue weighted by molar-refractivity contribution is 5.95. The SMILES string of the molecule is CC1=NN(c2ccc(C(=O)N3C[C@@H](C)O[C@H](C(N)=O)C3)cc2)CC1. The molecule has 0 saturated carbocycles. The number of benzene rings is 1. The summed E-state index contributed by atoms with van der Waals surface area (Å²) in [7, 11) is 0. The molecule has 0 bridgehead atoms. The maximum atomic E-state index is 12.7. The van der Waals surface area contributed by atoms with Crippen LogP contribution in [0.25, 0.3) is 0 Å². The maximum absolute atomic E-state index is 12.7. The number of rotatable bonds is 3. The Bertz CT molecular complexity index is 671. The maximum Gasteiger partial charge on any atom is 0.254 e. The Labute approximate surface area is 141 Å². The minimum atomic E-state index is -0.751. The van der Waals surface area contributed by atoms with Gasteiger partial charge in [-0.1, -0.05) is 0 Å². The molecule has 0 unspecified atom stereocenters. The van der Waals surface area contributed by atoms with E-state index < -0.39 is 12.0 Å². The largest absolute Gasteiger partial charge is 0.367 e. The zero-order valence-corrected chi connectivity index (χ0v) is 13.9. The predicted molar refractivity (Wildman–Crippen MR) is 90.9 cm³/mol. The molecule has 1 fully saturated rings. The second-order valence-electron chi connectivity index (χ2n) is 6.30. The van der Waals surface area contributed by atoms with Gasteiger partial charge < -0.3 is 15.4 Å². The van der Waals surface area contributed by atoms with E-state index in [-0.39, 0.29) is 18.6 Å². The number of primary amides is 1. The van der Waals surface area contributed by atoms with Crippen LogP contribution in [0.5, 0.6) is 0 Å². The topological polar surface area (TPSA) is 88.2 Å². The van der Waals surface area contributed by atoms with Crippen LogP contribution in [0.1, 0.15) is 30.6 Å². The highest BCUT2D eigenvalue weighted by atomic mass is 16.5. The number of hydrogen-bond acceptors (Lipinski definition) is 5. The lowest BCUT2D eigenvalue weighted by molar-refractivity contribution is -0.140. The summed E-state index contributed by atoms with van der Waals surface area (Å²) in [4.78, 5) is 25.7. The molecule has 2 N–H and O–H groups in total. The Balaban J connectivity index is 1.71. The molecule has 1 aromatic rings. The van der Waals surface area contributed by atoms with Gasteiger partial charge in [-0.2, -0.15) is 5.10 Å². The summed E-state index contributed by atoms with van der Waals surface area (Å²) in [5.74, 6) is -0.666. The van der Waals surface area contributed by atoms with Crippen LogP contribution in [0.3, 0.4) is 0 Å². The van der Waals surface area contributed by atoms with E-state index in [2.05, 4.69) is 5.10 Å². The number of nitrogens with zero attached hydrogens (tertiary/aromatic N) is 3. The van der Waals surface area contributed by atoms with E-state index in [1.54, 1.807) is 17.0 Å². The average Bonchev–Trinajstić information content (AvgIpc) is 3.00. The van der Waals surface area contributed by atoms with E-state index in [0.29, 0.717) is 12.1 Å². The number of ether oxygens (including phenoxy) is 1. The Morgan fingerprint density at radius 3 is 2.54 bits per heavy atom. The normalized spacial score (nSPS) is 24.0. The second-order valence-corrected chi connectivity index (χ2v) is 6.30. The van der Waals surface area contributed by atoms with E-state index in [1.807, 2.05) is 31.0 Å². The van der Waals surface area contributed by atoms with Crippen molar-refractivity contribution in [3.63, 3.8) is 0 Å². The summed E-state index contributed by atoms with van der Waals surface area (Å²) in [5.41, 5.74) is 7.96. The summed E-state index contributed by atoms with van der Waals surface area (Å²) < 4.78 is 5.47. The van der Waals surface area contributed by atoms with E-state index >= 15 is 0 Å². The molecule has 2 aliphatic rings. The summed E-state index contributed by atoms with van der Waals surface area (Å²) in [6.45, 7) is 5.33. The van der Waals surface area contributed by atoms with Gasteiger partial charge in [0.15, 0.2) is 6.10 Å². The predicted octanol–water partition coefficient (Wildman–Crippen LogP) is 0.987. The molecule has 1 aromatic carbocycles. The fourth-order valence-corrected chi connectivity index (χ4v) is 2.99. The van der Waals surface area contributed by atoms with Crippen LogP contribution >= 0.6 is 0 Å². The lowest BCUT2D eigenvalue weighted by Crippen LogP contribution is -2.53. The minimum Gasteiger partial charge on any atom is -0.367 e. The van der Waals surface area contributed by atoms with Gasteiger partial charge in [0.1, 0.15) is 0 Å². The van der Waals surface area contributed by atoms with Crippen molar-refractivity contribution in [1.29, 1.82) is 0 Å². The third-order valence-corrected chi connectivity index (χ3v) is 4.25. The fourth-order valence-electron chi connectivity index (χ4n) is 2.99. The van der Waals surface area contributed by atoms with Gasteiger partial charge in [0.05, 0.1) is 18.3 Å². The summed E-state index contributed by atoms with van der Waals surface area (Å²) in [6, 6.07) is 7.37. The highest BCUT2D eigenvalue weighted by Crippen LogP contribution is 2.21. The molecule has 0 spiro atoms. The lowest BCUT2D eigenvalue weighted by Gasteiger charge is -2.35. The van der Waals surface area contributed by atoms with Gasteiger partial charge in [0.25, 0.3) is 5.91 Å². The van der Waals surface area contributed by atoms with Crippen LogP contribution in [0, 0.1) is 0 Å². The van der Waals surface area contributed by atoms with Crippen LogP contribution in [-0.2, 0) is 9.53 Å². The number of amides is 2. The summed E-state index contributed by atoms with van der Waals surface area (Å²) >= 11 is 0. The quantitative estimate of drug-likeness (QED) is 0.895. The first-order chi connectivity index (χ1) is 11.4. The molecule has 3 rings (SSSR count). The molecule has 128 valence electrons. The number of nitrogens with two attached hydrogens (primary N) is 1. The number of carbonyl (C=O) groups is 2. The van der Waals surface area contributed by atoms with Gasteiger partial charge >= 0.3 is 0 Å². The van der Waals surface area contributed by atoms with Crippen LogP contribution < -0.4 is 10.7 Å². The van der Waals surface area contributed by atoms with Gasteiger partial charge in [-0.05, 0) is 38.1 Å². The fraction of sp³-hybridized carbons (Fsp3) is 0.471. The van der Waals surface area contributed by atoms with Gasteiger partial charge in [-0.15, -0.1) is 0 Å². The Hall–Kier alpha value is -2.41. The van der Waals surface area contributed by atoms with Gasteiger partial charge in [0.2, 0.25) is 5.91 Å². The standard InChI is InChI=1S/C17H22N4O3/c1-11-7-8-21(19-11)14-5-3-13(4-6-14)17(23)20-9-12(2)24-15(10-20)16(18)22/h3-6,12,15H,7-10H2,1-2H3,(H2,18,22)/t12-,15+/m1/s1. The van der Waals surface area contributed by atoms with E-state index in [1.165, 1.54) is 0 Å². The number of anilines is 1. The van der Waals surface area contributed by atoms with Crippen LogP contribution in [-0.4, -0.2) is 54.3 Å². The Kier molecular flexibility index (Phi) is 4.53. The van der Waals surface area contributed by atoms with Crippen molar-refractivity contribution < 1.29 is 14.3 Å². The zero-order valence-electron chi connectivity index (χ0n) is 13.9.